The average Bonchev–Trinajstić information content (AvgIpc) is 2.39. The van der Waals surface area contributed by atoms with Crippen molar-refractivity contribution in [1.82, 2.24) is 0 Å². The van der Waals surface area contributed by atoms with Crippen LogP contribution in [0.25, 0.3) is 0 Å². The quantitative estimate of drug-likeness (QED) is 0.702. The molecular weight excluding hydrogens is 222 g/mol. The van der Waals surface area contributed by atoms with Crippen molar-refractivity contribution in [2.45, 2.75) is 13.0 Å². The Morgan fingerprint density at radius 1 is 0.944 bits per heavy atom. The van der Waals surface area contributed by atoms with E-state index in [-0.39, 0.29) is 5.78 Å². The van der Waals surface area contributed by atoms with Crippen LogP contribution in [0.4, 0.5) is 5.69 Å². The Morgan fingerprint density at radius 3 is 2.44 bits per heavy atom. The molecule has 1 heterocycles. The molecule has 0 saturated heterocycles. The van der Waals surface area contributed by atoms with Crippen LogP contribution in [0.5, 0.6) is 0 Å². The highest BCUT2D eigenvalue weighted by Gasteiger charge is 2.19. The minimum Gasteiger partial charge on any atom is -0.370 e. The third kappa shape index (κ3) is 1.80. The smallest absolute Gasteiger partial charge is 0.169 e. The molecule has 0 aliphatic carbocycles. The highest BCUT2D eigenvalue weighted by atomic mass is 16.1. The lowest BCUT2D eigenvalue weighted by Gasteiger charge is -2.26. The van der Waals surface area contributed by atoms with E-state index in [9.17, 15) is 4.79 Å². The normalized spacial score (nSPS) is 14.5. The van der Waals surface area contributed by atoms with Gasteiger partial charge < -0.3 is 4.90 Å². The van der Waals surface area contributed by atoms with Gasteiger partial charge in [-0.15, -0.1) is 0 Å². The van der Waals surface area contributed by atoms with Gasteiger partial charge in [-0.25, -0.2) is 0 Å². The van der Waals surface area contributed by atoms with E-state index in [1.807, 2.05) is 43.4 Å². The number of Topliss-reactive ketones (excluding diaryl/α,β-unsaturated/α-hetero) is 1. The number of nitrogens with zero attached hydrogens (tertiary/aromatic N) is 1. The maximum atomic E-state index is 12.3. The fraction of sp³-hybridized carbons (Fsp3) is 0.188. The Morgan fingerprint density at radius 2 is 1.61 bits per heavy atom. The minimum absolute atomic E-state index is 0.199. The zero-order chi connectivity index (χ0) is 12.5. The van der Waals surface area contributed by atoms with Gasteiger partial charge in [0.05, 0.1) is 0 Å². The predicted octanol–water partition coefficient (Wildman–Crippen LogP) is 3.06. The van der Waals surface area contributed by atoms with Gasteiger partial charge in [0, 0.05) is 31.3 Å². The Labute approximate surface area is 107 Å². The highest BCUT2D eigenvalue weighted by Crippen LogP contribution is 2.26. The molecule has 0 unspecified atom stereocenters. The number of rotatable bonds is 0. The zero-order valence-corrected chi connectivity index (χ0v) is 10.4. The van der Waals surface area contributed by atoms with Crippen LogP contribution in [0.3, 0.4) is 0 Å². The lowest BCUT2D eigenvalue weighted by atomic mass is 9.95. The van der Waals surface area contributed by atoms with Crippen LogP contribution in [0.15, 0.2) is 48.5 Å². The van der Waals surface area contributed by atoms with Gasteiger partial charge in [-0.1, -0.05) is 36.4 Å². The highest BCUT2D eigenvalue weighted by molar-refractivity contribution is 6.03. The molecule has 3 rings (SSSR count). The van der Waals surface area contributed by atoms with Crippen molar-refractivity contribution in [2.75, 3.05) is 11.9 Å². The van der Waals surface area contributed by atoms with Crippen LogP contribution in [0.1, 0.15) is 21.5 Å². The summed E-state index contributed by atoms with van der Waals surface area (Å²) in [5.41, 5.74) is 4.23. The molecule has 0 N–H and O–H groups in total. The van der Waals surface area contributed by atoms with Crippen LogP contribution >= 0.6 is 0 Å². The molecule has 2 nitrogen and oxygen atoms in total. The summed E-state index contributed by atoms with van der Waals surface area (Å²) in [4.78, 5) is 14.5. The molecule has 2 aromatic rings. The monoisotopic (exact) mass is 237 g/mol. The van der Waals surface area contributed by atoms with E-state index in [0.717, 1.165) is 23.4 Å². The SMILES string of the molecule is CN1Cc2ccccc2CC(=O)c2ccccc21. The molecule has 2 heteroatoms. The second-order valence-electron chi connectivity index (χ2n) is 4.74. The summed E-state index contributed by atoms with van der Waals surface area (Å²) in [7, 11) is 2.04. The lowest BCUT2D eigenvalue weighted by molar-refractivity contribution is 0.0992. The first-order chi connectivity index (χ1) is 8.75. The van der Waals surface area contributed by atoms with Crippen LogP contribution in [-0.2, 0) is 13.0 Å². The fourth-order valence-electron chi connectivity index (χ4n) is 2.54. The van der Waals surface area contributed by atoms with Gasteiger partial charge in [-0.3, -0.25) is 4.79 Å². The lowest BCUT2D eigenvalue weighted by Crippen LogP contribution is -2.23. The number of para-hydroxylation sites is 1. The second-order valence-corrected chi connectivity index (χ2v) is 4.74. The molecule has 90 valence electrons. The van der Waals surface area contributed by atoms with Crippen molar-refractivity contribution in [1.29, 1.82) is 0 Å². The molecule has 0 fully saturated rings. The number of hydrogen-bond acceptors (Lipinski definition) is 2. The molecule has 1 aliphatic heterocycles. The van der Waals surface area contributed by atoms with Crippen molar-refractivity contribution in [3.8, 4) is 0 Å². The number of carbonyl (C=O) groups excluding carboxylic acids is 1. The van der Waals surface area contributed by atoms with E-state index in [2.05, 4.69) is 17.0 Å². The molecule has 0 bridgehead atoms. The van der Waals surface area contributed by atoms with E-state index in [4.69, 9.17) is 0 Å². The van der Waals surface area contributed by atoms with E-state index >= 15 is 0 Å². The van der Waals surface area contributed by atoms with E-state index in [1.54, 1.807) is 0 Å². The first-order valence-corrected chi connectivity index (χ1v) is 6.16. The van der Waals surface area contributed by atoms with Crippen molar-refractivity contribution in [3.05, 3.63) is 65.2 Å². The third-order valence-corrected chi connectivity index (χ3v) is 3.49. The molecule has 0 atom stereocenters. The van der Waals surface area contributed by atoms with Gasteiger partial charge in [0.2, 0.25) is 0 Å². The number of ketones is 1. The maximum Gasteiger partial charge on any atom is 0.169 e. The topological polar surface area (TPSA) is 20.3 Å². The fourth-order valence-corrected chi connectivity index (χ4v) is 2.54. The molecule has 0 spiro atoms. The molecule has 0 amide bonds. The molecule has 0 aromatic heterocycles. The van der Waals surface area contributed by atoms with Crippen LogP contribution in [-0.4, -0.2) is 12.8 Å². The first kappa shape index (κ1) is 11.0. The Balaban J connectivity index is 2.13. The van der Waals surface area contributed by atoms with E-state index < -0.39 is 0 Å². The third-order valence-electron chi connectivity index (χ3n) is 3.49. The number of fused-ring (bicyclic) bond motifs is 2. The first-order valence-electron chi connectivity index (χ1n) is 6.16. The summed E-state index contributed by atoms with van der Waals surface area (Å²) in [6.45, 7) is 0.848. The second kappa shape index (κ2) is 4.30. The van der Waals surface area contributed by atoms with Gasteiger partial charge in [0.1, 0.15) is 0 Å². The number of anilines is 1. The number of benzene rings is 2. The summed E-state index contributed by atoms with van der Waals surface area (Å²) < 4.78 is 0. The van der Waals surface area contributed by atoms with Crippen molar-refractivity contribution >= 4 is 11.5 Å². The molecule has 18 heavy (non-hydrogen) atoms. The van der Waals surface area contributed by atoms with Crippen LogP contribution in [0.2, 0.25) is 0 Å². The van der Waals surface area contributed by atoms with Crippen LogP contribution in [0, 0.1) is 0 Å². The van der Waals surface area contributed by atoms with Gasteiger partial charge in [-0.2, -0.15) is 0 Å². The van der Waals surface area contributed by atoms with Crippen LogP contribution < -0.4 is 4.90 Å². The Hall–Kier alpha value is -2.09. The summed E-state index contributed by atoms with van der Waals surface area (Å²) in [5, 5.41) is 0. The number of hydrogen-bond donors (Lipinski definition) is 0. The summed E-state index contributed by atoms with van der Waals surface area (Å²) in [6, 6.07) is 16.0. The molecule has 1 aliphatic rings. The summed E-state index contributed by atoms with van der Waals surface area (Å²) in [6.07, 6.45) is 0.501. The van der Waals surface area contributed by atoms with E-state index in [1.165, 1.54) is 5.56 Å². The summed E-state index contributed by atoms with van der Waals surface area (Å²) >= 11 is 0. The van der Waals surface area contributed by atoms with Crippen molar-refractivity contribution in [2.24, 2.45) is 0 Å². The zero-order valence-electron chi connectivity index (χ0n) is 10.4. The van der Waals surface area contributed by atoms with E-state index in [0.29, 0.717) is 6.42 Å². The summed E-state index contributed by atoms with van der Waals surface area (Å²) in [5.74, 6) is 0.199. The predicted molar refractivity (Wildman–Crippen MR) is 73.0 cm³/mol. The Kier molecular flexibility index (Phi) is 2.63. The standard InChI is InChI=1S/C16H15NO/c1-17-11-13-7-3-2-6-12(13)10-16(18)14-8-4-5-9-15(14)17/h2-9H,10-11H2,1H3. The molecular formula is C16H15NO. The van der Waals surface area contributed by atoms with Crippen molar-refractivity contribution < 1.29 is 4.79 Å². The minimum atomic E-state index is 0.199. The van der Waals surface area contributed by atoms with Crippen molar-refractivity contribution in [3.63, 3.8) is 0 Å². The molecule has 0 saturated carbocycles. The molecule has 2 aromatic carbocycles. The van der Waals surface area contributed by atoms with Gasteiger partial charge in [-0.05, 0) is 23.3 Å². The van der Waals surface area contributed by atoms with Gasteiger partial charge in [0.25, 0.3) is 0 Å². The average molecular weight is 237 g/mol. The van der Waals surface area contributed by atoms with Gasteiger partial charge in [0.15, 0.2) is 5.78 Å². The molecule has 0 radical (unpaired) electrons. The Bertz CT molecular complexity index is 604. The maximum absolute atomic E-state index is 12.3. The number of carbonyl (C=O) groups is 1. The largest absolute Gasteiger partial charge is 0.370 e. The van der Waals surface area contributed by atoms with Gasteiger partial charge >= 0.3 is 0 Å².